The highest BCUT2D eigenvalue weighted by Crippen LogP contribution is 2.55. The molecule has 0 aliphatic heterocycles. The summed E-state index contributed by atoms with van der Waals surface area (Å²) in [6.45, 7) is 0. The Balaban J connectivity index is 1.23. The standard InChI is InChI=1S/C45H50F6O6S3/c46-43(47,44(48,49)59(52,53)56-36-23-16-28-39(31-36)58(37-24-12-4-13-25-37)38-26-14-5-15-27-38)45(50,51)60(54,55)57-42-40(33-19-8-2-9-20-33)29-35(32-17-6-1-7-18-32)30-41(42)34-21-10-3-11-22-34/h4-5,12-16,23-34,58H,1-3,6-11,17-22H2. The summed E-state index contributed by atoms with van der Waals surface area (Å²) in [5.74, 6) is -9.03. The van der Waals surface area contributed by atoms with Gasteiger partial charge in [0.25, 0.3) is 0 Å². The lowest BCUT2D eigenvalue weighted by molar-refractivity contribution is -0.247. The third kappa shape index (κ3) is 8.82. The minimum atomic E-state index is -7.06. The molecule has 3 fully saturated rings. The topological polar surface area (TPSA) is 86.7 Å². The first-order valence-electron chi connectivity index (χ1n) is 20.7. The van der Waals surface area contributed by atoms with Crippen molar-refractivity contribution in [2.75, 3.05) is 0 Å². The summed E-state index contributed by atoms with van der Waals surface area (Å²) in [6.07, 6.45) is 11.8. The lowest BCUT2D eigenvalue weighted by atomic mass is 9.75. The maximum absolute atomic E-state index is 16.0. The second kappa shape index (κ2) is 18.0. The van der Waals surface area contributed by atoms with Crippen LogP contribution in [0.15, 0.2) is 112 Å². The van der Waals surface area contributed by atoms with E-state index in [1.54, 1.807) is 78.9 Å². The second-order valence-electron chi connectivity index (χ2n) is 16.2. The molecule has 0 spiro atoms. The number of hydrogen-bond acceptors (Lipinski definition) is 6. The zero-order chi connectivity index (χ0) is 42.8. The van der Waals surface area contributed by atoms with Crippen LogP contribution in [0.1, 0.15) is 131 Å². The van der Waals surface area contributed by atoms with Crippen LogP contribution in [0, 0.1) is 0 Å². The number of thiol groups is 1. The number of benzene rings is 4. The molecule has 4 aromatic carbocycles. The Morgan fingerprint density at radius 1 is 0.467 bits per heavy atom. The van der Waals surface area contributed by atoms with E-state index in [9.17, 15) is 16.8 Å². The van der Waals surface area contributed by atoms with Crippen LogP contribution in [0.4, 0.5) is 26.3 Å². The normalized spacial score (nSPS) is 18.5. The highest BCUT2D eigenvalue weighted by molar-refractivity contribution is 8.17. The van der Waals surface area contributed by atoms with Crippen molar-refractivity contribution in [2.24, 2.45) is 0 Å². The molecule has 60 heavy (non-hydrogen) atoms. The van der Waals surface area contributed by atoms with E-state index in [2.05, 4.69) is 4.18 Å². The fourth-order valence-corrected chi connectivity index (χ4v) is 13.3. The molecular formula is C45H50F6O6S3. The Hall–Kier alpha value is -3.69. The average molecular weight is 897 g/mol. The third-order valence-corrected chi connectivity index (χ3v) is 17.2. The number of alkyl halides is 6. The fraction of sp³-hybridized carbons (Fsp3) is 0.467. The second-order valence-corrected chi connectivity index (χ2v) is 21.6. The van der Waals surface area contributed by atoms with E-state index in [1.807, 2.05) is 0 Å². The maximum atomic E-state index is 16.0. The Bertz CT molecular complexity index is 2230. The van der Waals surface area contributed by atoms with Gasteiger partial charge in [0.15, 0.2) is 0 Å². The lowest BCUT2D eigenvalue weighted by Gasteiger charge is -2.34. The van der Waals surface area contributed by atoms with Gasteiger partial charge in [-0.05, 0) is 130 Å². The Labute approximate surface area is 351 Å². The summed E-state index contributed by atoms with van der Waals surface area (Å²) in [4.78, 5) is 1.90. The Kier molecular flexibility index (Phi) is 13.3. The van der Waals surface area contributed by atoms with Gasteiger partial charge in [0, 0.05) is 0 Å². The third-order valence-electron chi connectivity index (χ3n) is 12.2. The van der Waals surface area contributed by atoms with E-state index in [0.717, 1.165) is 98.1 Å². The van der Waals surface area contributed by atoms with Gasteiger partial charge in [-0.15, -0.1) is 0 Å². The summed E-state index contributed by atoms with van der Waals surface area (Å²) >= 11 is 0. The molecule has 4 aromatic rings. The first-order valence-corrected chi connectivity index (χ1v) is 24.9. The molecule has 0 N–H and O–H groups in total. The van der Waals surface area contributed by atoms with Crippen molar-refractivity contribution in [1.29, 1.82) is 0 Å². The molecule has 0 unspecified atom stereocenters. The molecule has 3 aliphatic rings. The summed E-state index contributed by atoms with van der Waals surface area (Å²) in [5, 5.41) is -13.5. The van der Waals surface area contributed by atoms with Crippen LogP contribution >= 0.6 is 10.9 Å². The van der Waals surface area contributed by atoms with Crippen molar-refractivity contribution in [1.82, 2.24) is 0 Å². The van der Waals surface area contributed by atoms with Crippen LogP contribution < -0.4 is 8.37 Å². The van der Waals surface area contributed by atoms with Crippen LogP contribution in [-0.4, -0.2) is 33.3 Å². The minimum absolute atomic E-state index is 0.119. The van der Waals surface area contributed by atoms with Crippen LogP contribution in [0.2, 0.25) is 0 Å². The summed E-state index contributed by atoms with van der Waals surface area (Å²) in [7, 11) is -15.5. The van der Waals surface area contributed by atoms with Crippen LogP contribution in [0.3, 0.4) is 0 Å². The molecule has 0 saturated heterocycles. The van der Waals surface area contributed by atoms with Gasteiger partial charge >= 0.3 is 36.7 Å². The summed E-state index contributed by atoms with van der Waals surface area (Å²) in [6, 6.07) is 26.0. The molecular weight excluding hydrogens is 847 g/mol. The van der Waals surface area contributed by atoms with E-state index in [0.29, 0.717) is 30.6 Å². The van der Waals surface area contributed by atoms with E-state index in [1.165, 1.54) is 6.07 Å². The number of rotatable bonds is 14. The van der Waals surface area contributed by atoms with Gasteiger partial charge in [0.05, 0.1) is 0 Å². The maximum Gasteiger partial charge on any atom is 0.450 e. The first-order chi connectivity index (χ1) is 28.5. The zero-order valence-corrected chi connectivity index (χ0v) is 35.6. The van der Waals surface area contributed by atoms with E-state index < -0.39 is 59.1 Å². The monoisotopic (exact) mass is 896 g/mol. The summed E-state index contributed by atoms with van der Waals surface area (Å²) in [5.41, 5.74) is 1.47. The molecule has 326 valence electrons. The quantitative estimate of drug-likeness (QED) is 0.0771. The average Bonchev–Trinajstić information content (AvgIpc) is 3.25. The molecule has 0 atom stereocenters. The predicted octanol–water partition coefficient (Wildman–Crippen LogP) is 13.2. The van der Waals surface area contributed by atoms with Crippen molar-refractivity contribution in [3.05, 3.63) is 114 Å². The molecule has 3 aliphatic carbocycles. The van der Waals surface area contributed by atoms with E-state index in [-0.39, 0.29) is 28.9 Å². The van der Waals surface area contributed by atoms with Crippen LogP contribution in [0.25, 0.3) is 0 Å². The largest absolute Gasteiger partial charge is 0.450 e. The lowest BCUT2D eigenvalue weighted by Crippen LogP contribution is -2.62. The highest BCUT2D eigenvalue weighted by atomic mass is 32.2. The van der Waals surface area contributed by atoms with Crippen molar-refractivity contribution in [3.63, 3.8) is 0 Å². The van der Waals surface area contributed by atoms with E-state index >= 15 is 26.3 Å². The van der Waals surface area contributed by atoms with Gasteiger partial charge in [-0.2, -0.15) is 54.1 Å². The molecule has 7 rings (SSSR count). The molecule has 6 nitrogen and oxygen atoms in total. The first kappa shape index (κ1) is 44.4. The van der Waals surface area contributed by atoms with Gasteiger partial charge in [-0.1, -0.05) is 112 Å². The molecule has 0 heterocycles. The molecule has 0 amide bonds. The fourth-order valence-electron chi connectivity index (χ4n) is 9.00. The number of halogens is 6. The molecule has 3 saturated carbocycles. The van der Waals surface area contributed by atoms with Gasteiger partial charge in [0.2, 0.25) is 0 Å². The van der Waals surface area contributed by atoms with Crippen molar-refractivity contribution < 1.29 is 51.5 Å². The van der Waals surface area contributed by atoms with Crippen LogP contribution in [0.5, 0.6) is 11.5 Å². The molecule has 0 radical (unpaired) electrons. The van der Waals surface area contributed by atoms with Crippen molar-refractivity contribution >= 4 is 31.1 Å². The van der Waals surface area contributed by atoms with Crippen molar-refractivity contribution in [3.8, 4) is 11.5 Å². The molecule has 15 heteroatoms. The van der Waals surface area contributed by atoms with Gasteiger partial charge in [-0.25, -0.2) is 0 Å². The van der Waals surface area contributed by atoms with Gasteiger partial charge < -0.3 is 8.37 Å². The smallest absolute Gasteiger partial charge is 0.378 e. The Morgan fingerprint density at radius 3 is 1.32 bits per heavy atom. The van der Waals surface area contributed by atoms with E-state index in [4.69, 9.17) is 4.18 Å². The number of hydrogen-bond donors (Lipinski definition) is 1. The highest BCUT2D eigenvalue weighted by Gasteiger charge is 2.84. The minimum Gasteiger partial charge on any atom is -0.378 e. The zero-order valence-electron chi connectivity index (χ0n) is 33.1. The van der Waals surface area contributed by atoms with Crippen LogP contribution in [-0.2, 0) is 20.2 Å². The Morgan fingerprint density at radius 2 is 0.867 bits per heavy atom. The van der Waals surface area contributed by atoms with Gasteiger partial charge in [0.1, 0.15) is 11.5 Å². The SMILES string of the molecule is O=S(=O)(Oc1cccc([SH](c2ccccc2)c2ccccc2)c1)C(F)(F)C(F)(F)C(F)(F)S(=O)(=O)Oc1c(C2CCCCC2)cc(C2CCCCC2)cc1C1CCCCC1. The predicted molar refractivity (Wildman–Crippen MR) is 221 cm³/mol. The summed E-state index contributed by atoms with van der Waals surface area (Å²) < 4.78 is 158. The molecule has 0 bridgehead atoms. The van der Waals surface area contributed by atoms with Gasteiger partial charge in [-0.3, -0.25) is 0 Å². The van der Waals surface area contributed by atoms with Crippen molar-refractivity contribution in [2.45, 2.75) is 145 Å². The molecule has 0 aromatic heterocycles.